The molecular formula is C14H12BrF2NO. The Morgan fingerprint density at radius 2 is 1.84 bits per heavy atom. The van der Waals surface area contributed by atoms with E-state index >= 15 is 0 Å². The summed E-state index contributed by atoms with van der Waals surface area (Å²) in [6.45, 7) is 1.50. The van der Waals surface area contributed by atoms with Crippen molar-refractivity contribution >= 4 is 15.9 Å². The van der Waals surface area contributed by atoms with Gasteiger partial charge in [-0.3, -0.25) is 4.98 Å². The normalized spacial score (nSPS) is 14.2. The van der Waals surface area contributed by atoms with Crippen LogP contribution in [0.4, 0.5) is 8.78 Å². The van der Waals surface area contributed by atoms with Gasteiger partial charge >= 0.3 is 0 Å². The molecule has 100 valence electrons. The third-order valence-electron chi connectivity index (χ3n) is 2.80. The Labute approximate surface area is 118 Å². The smallest absolute Gasteiger partial charge is 0.126 e. The summed E-state index contributed by atoms with van der Waals surface area (Å²) in [5.74, 6) is -1.42. The fourth-order valence-electron chi connectivity index (χ4n) is 1.83. The fraction of sp³-hybridized carbons (Fsp3) is 0.214. The first-order valence-electron chi connectivity index (χ1n) is 5.66. The molecule has 0 bridgehead atoms. The maximum absolute atomic E-state index is 13.2. The second-order valence-corrected chi connectivity index (χ2v) is 5.49. The summed E-state index contributed by atoms with van der Waals surface area (Å²) in [4.78, 5) is 4.14. The molecule has 0 amide bonds. The first-order chi connectivity index (χ1) is 8.87. The molecule has 2 aromatic rings. The zero-order valence-corrected chi connectivity index (χ0v) is 11.8. The standard InChI is InChI=1S/C14H12BrF2NO/c1-14(19,7-13-3-2-10(15)8-18-13)9-4-11(16)6-12(17)5-9/h2-6,8,19H,7H2,1H3. The number of hydrogen-bond donors (Lipinski definition) is 1. The van der Waals surface area contributed by atoms with Gasteiger partial charge in [0.25, 0.3) is 0 Å². The average molecular weight is 328 g/mol. The number of aliphatic hydroxyl groups is 1. The van der Waals surface area contributed by atoms with E-state index < -0.39 is 17.2 Å². The van der Waals surface area contributed by atoms with E-state index in [1.165, 1.54) is 6.92 Å². The lowest BCUT2D eigenvalue weighted by molar-refractivity contribution is 0.0559. The van der Waals surface area contributed by atoms with Crippen molar-refractivity contribution in [2.45, 2.75) is 18.9 Å². The molecule has 0 saturated carbocycles. The average Bonchev–Trinajstić information content (AvgIpc) is 2.31. The van der Waals surface area contributed by atoms with E-state index in [4.69, 9.17) is 0 Å². The molecule has 0 radical (unpaired) electrons. The van der Waals surface area contributed by atoms with Crippen molar-refractivity contribution in [2.75, 3.05) is 0 Å². The maximum atomic E-state index is 13.2. The van der Waals surface area contributed by atoms with Crippen LogP contribution in [0.1, 0.15) is 18.2 Å². The molecule has 1 aromatic carbocycles. The summed E-state index contributed by atoms with van der Waals surface area (Å²) in [5, 5.41) is 10.4. The van der Waals surface area contributed by atoms with Gasteiger partial charge in [0.2, 0.25) is 0 Å². The number of halogens is 3. The maximum Gasteiger partial charge on any atom is 0.126 e. The Bertz CT molecular complexity index is 564. The Morgan fingerprint density at radius 3 is 2.37 bits per heavy atom. The van der Waals surface area contributed by atoms with E-state index in [-0.39, 0.29) is 12.0 Å². The van der Waals surface area contributed by atoms with Gasteiger partial charge in [-0.05, 0) is 52.7 Å². The molecule has 0 aliphatic carbocycles. The van der Waals surface area contributed by atoms with Crippen LogP contribution < -0.4 is 0 Å². The van der Waals surface area contributed by atoms with Crippen molar-refractivity contribution in [3.05, 3.63) is 63.9 Å². The van der Waals surface area contributed by atoms with Gasteiger partial charge in [0, 0.05) is 28.9 Å². The zero-order chi connectivity index (χ0) is 14.0. The molecule has 1 aromatic heterocycles. The van der Waals surface area contributed by atoms with Gasteiger partial charge in [0.1, 0.15) is 11.6 Å². The van der Waals surface area contributed by atoms with Gasteiger partial charge in [-0.15, -0.1) is 0 Å². The van der Waals surface area contributed by atoms with E-state index in [0.717, 1.165) is 22.7 Å². The molecule has 0 aliphatic heterocycles. The van der Waals surface area contributed by atoms with Crippen molar-refractivity contribution < 1.29 is 13.9 Å². The molecule has 1 unspecified atom stereocenters. The van der Waals surface area contributed by atoms with E-state index in [2.05, 4.69) is 20.9 Å². The number of benzene rings is 1. The lowest BCUT2D eigenvalue weighted by Gasteiger charge is -2.23. The summed E-state index contributed by atoms with van der Waals surface area (Å²) in [7, 11) is 0. The second-order valence-electron chi connectivity index (χ2n) is 4.58. The highest BCUT2D eigenvalue weighted by Gasteiger charge is 2.25. The van der Waals surface area contributed by atoms with Gasteiger partial charge in [-0.25, -0.2) is 8.78 Å². The Kier molecular flexibility index (Phi) is 3.96. The Balaban J connectivity index is 2.28. The lowest BCUT2D eigenvalue weighted by atomic mass is 9.91. The molecule has 0 spiro atoms. The van der Waals surface area contributed by atoms with Crippen LogP contribution in [0.25, 0.3) is 0 Å². The molecule has 0 aliphatic rings. The van der Waals surface area contributed by atoms with Gasteiger partial charge in [-0.2, -0.15) is 0 Å². The lowest BCUT2D eigenvalue weighted by Crippen LogP contribution is -2.25. The van der Waals surface area contributed by atoms with Crippen LogP contribution in [0.3, 0.4) is 0 Å². The largest absolute Gasteiger partial charge is 0.385 e. The molecule has 0 fully saturated rings. The van der Waals surface area contributed by atoms with E-state index in [0.29, 0.717) is 5.69 Å². The second kappa shape index (κ2) is 5.35. The van der Waals surface area contributed by atoms with E-state index in [1.807, 2.05) is 0 Å². The third kappa shape index (κ3) is 3.58. The predicted molar refractivity (Wildman–Crippen MR) is 71.6 cm³/mol. The number of pyridine rings is 1. The van der Waals surface area contributed by atoms with Crippen molar-refractivity contribution in [3.63, 3.8) is 0 Å². The monoisotopic (exact) mass is 327 g/mol. The minimum atomic E-state index is -1.39. The molecule has 1 N–H and O–H groups in total. The van der Waals surface area contributed by atoms with Crippen LogP contribution in [0, 0.1) is 11.6 Å². The third-order valence-corrected chi connectivity index (χ3v) is 3.27. The number of aromatic nitrogens is 1. The first kappa shape index (κ1) is 14.1. The van der Waals surface area contributed by atoms with E-state index in [1.54, 1.807) is 18.3 Å². The summed E-state index contributed by atoms with van der Waals surface area (Å²) < 4.78 is 27.2. The SMILES string of the molecule is CC(O)(Cc1ccc(Br)cn1)c1cc(F)cc(F)c1. The van der Waals surface area contributed by atoms with Crippen molar-refractivity contribution in [3.8, 4) is 0 Å². The number of nitrogens with zero attached hydrogens (tertiary/aromatic N) is 1. The summed E-state index contributed by atoms with van der Waals surface area (Å²) in [6, 6.07) is 6.57. The van der Waals surface area contributed by atoms with Crippen molar-refractivity contribution in [1.29, 1.82) is 0 Å². The van der Waals surface area contributed by atoms with Gasteiger partial charge in [0.05, 0.1) is 5.60 Å². The van der Waals surface area contributed by atoms with Gasteiger partial charge in [0.15, 0.2) is 0 Å². The number of hydrogen-bond acceptors (Lipinski definition) is 2. The van der Waals surface area contributed by atoms with Crippen LogP contribution in [0.2, 0.25) is 0 Å². The molecule has 1 heterocycles. The highest BCUT2D eigenvalue weighted by molar-refractivity contribution is 9.10. The topological polar surface area (TPSA) is 33.1 Å². The first-order valence-corrected chi connectivity index (χ1v) is 6.45. The fourth-order valence-corrected chi connectivity index (χ4v) is 2.07. The van der Waals surface area contributed by atoms with Crippen LogP contribution >= 0.6 is 15.9 Å². The Hall–Kier alpha value is -1.33. The van der Waals surface area contributed by atoms with Crippen LogP contribution in [-0.4, -0.2) is 10.1 Å². The molecular weight excluding hydrogens is 316 g/mol. The van der Waals surface area contributed by atoms with Gasteiger partial charge < -0.3 is 5.11 Å². The minimum absolute atomic E-state index is 0.170. The van der Waals surface area contributed by atoms with Crippen LogP contribution in [0.15, 0.2) is 41.0 Å². The molecule has 2 nitrogen and oxygen atoms in total. The summed E-state index contributed by atoms with van der Waals surface area (Å²) >= 11 is 3.26. The predicted octanol–water partition coefficient (Wildman–Crippen LogP) is 3.57. The van der Waals surface area contributed by atoms with Crippen LogP contribution in [-0.2, 0) is 12.0 Å². The quantitative estimate of drug-likeness (QED) is 0.934. The molecule has 0 saturated heterocycles. The molecule has 2 rings (SSSR count). The minimum Gasteiger partial charge on any atom is -0.385 e. The van der Waals surface area contributed by atoms with Crippen LogP contribution in [0.5, 0.6) is 0 Å². The zero-order valence-electron chi connectivity index (χ0n) is 10.2. The summed E-state index contributed by atoms with van der Waals surface area (Å²) in [5.41, 5.74) is -0.559. The van der Waals surface area contributed by atoms with Crippen molar-refractivity contribution in [1.82, 2.24) is 4.98 Å². The molecule has 1 atom stereocenters. The molecule has 19 heavy (non-hydrogen) atoms. The van der Waals surface area contributed by atoms with E-state index in [9.17, 15) is 13.9 Å². The Morgan fingerprint density at radius 1 is 1.21 bits per heavy atom. The van der Waals surface area contributed by atoms with Crippen molar-refractivity contribution in [2.24, 2.45) is 0 Å². The highest BCUT2D eigenvalue weighted by atomic mass is 79.9. The molecule has 5 heteroatoms. The summed E-state index contributed by atoms with van der Waals surface area (Å²) in [6.07, 6.45) is 1.78. The highest BCUT2D eigenvalue weighted by Crippen LogP contribution is 2.26. The van der Waals surface area contributed by atoms with Gasteiger partial charge in [-0.1, -0.05) is 0 Å². The number of rotatable bonds is 3.